The summed E-state index contributed by atoms with van der Waals surface area (Å²) in [6.45, 7) is 8.19. The molecule has 2 rings (SSSR count). The maximum atomic E-state index is 12.4. The maximum Gasteiger partial charge on any atom is 0.407 e. The van der Waals surface area contributed by atoms with E-state index in [-0.39, 0.29) is 5.91 Å². The van der Waals surface area contributed by atoms with Crippen molar-refractivity contribution in [1.29, 1.82) is 0 Å². The largest absolute Gasteiger partial charge is 0.497 e. The van der Waals surface area contributed by atoms with E-state index >= 15 is 0 Å². The van der Waals surface area contributed by atoms with E-state index in [9.17, 15) is 9.59 Å². The Hall–Kier alpha value is -2.70. The minimum absolute atomic E-state index is 0.171. The van der Waals surface area contributed by atoms with Crippen molar-refractivity contribution in [2.24, 2.45) is 0 Å². The van der Waals surface area contributed by atoms with Crippen molar-refractivity contribution in [3.8, 4) is 5.75 Å². The number of methoxy groups -OCH3 is 1. The maximum absolute atomic E-state index is 12.4. The summed E-state index contributed by atoms with van der Waals surface area (Å²) in [4.78, 5) is 27.4. The first-order valence-corrected chi connectivity index (χ1v) is 8.68. The molecule has 142 valence electrons. The molecule has 1 heterocycles. The fraction of sp³-hybridized carbons (Fsp3) is 0.474. The Morgan fingerprint density at radius 1 is 1.19 bits per heavy atom. The number of amides is 2. The molecule has 0 spiro atoms. The zero-order valence-electron chi connectivity index (χ0n) is 16.0. The Kier molecular flexibility index (Phi) is 6.13. The number of rotatable bonds is 6. The van der Waals surface area contributed by atoms with E-state index in [1.54, 1.807) is 7.11 Å². The van der Waals surface area contributed by atoms with Crippen LogP contribution in [0.4, 0.5) is 4.79 Å². The van der Waals surface area contributed by atoms with E-state index in [1.807, 2.05) is 45.9 Å². The minimum Gasteiger partial charge on any atom is -0.497 e. The second-order valence-corrected chi connectivity index (χ2v) is 6.93. The third kappa shape index (κ3) is 4.91. The molecule has 2 amide bonds. The number of alkyl carbamates (subject to hydrolysis) is 1. The predicted molar refractivity (Wildman–Crippen MR) is 101 cm³/mol. The highest BCUT2D eigenvalue weighted by molar-refractivity contribution is 6.01. The topological polar surface area (TPSA) is 92.5 Å². The van der Waals surface area contributed by atoms with Gasteiger partial charge in [0.05, 0.1) is 7.11 Å². The lowest BCUT2D eigenvalue weighted by Gasteiger charge is -2.19. The van der Waals surface area contributed by atoms with Gasteiger partial charge in [-0.1, -0.05) is 0 Å². The number of benzene rings is 1. The molecule has 2 aromatic rings. The van der Waals surface area contributed by atoms with Gasteiger partial charge >= 0.3 is 6.09 Å². The van der Waals surface area contributed by atoms with Crippen LogP contribution < -0.4 is 15.4 Å². The molecule has 1 aromatic carbocycles. The van der Waals surface area contributed by atoms with Crippen LogP contribution in [0.5, 0.6) is 5.75 Å². The normalized spacial score (nSPS) is 11.3. The summed E-state index contributed by atoms with van der Waals surface area (Å²) in [6, 6.07) is 5.60. The van der Waals surface area contributed by atoms with E-state index in [2.05, 4.69) is 15.6 Å². The molecule has 26 heavy (non-hydrogen) atoms. The van der Waals surface area contributed by atoms with Crippen molar-refractivity contribution in [3.05, 3.63) is 29.5 Å². The monoisotopic (exact) mass is 361 g/mol. The van der Waals surface area contributed by atoms with Crippen LogP contribution in [0.3, 0.4) is 0 Å². The summed E-state index contributed by atoms with van der Waals surface area (Å²) in [7, 11) is 1.60. The zero-order chi connectivity index (χ0) is 19.3. The molecule has 7 nitrogen and oxygen atoms in total. The average molecular weight is 361 g/mol. The summed E-state index contributed by atoms with van der Waals surface area (Å²) in [5.41, 5.74) is 1.63. The minimum atomic E-state index is -0.551. The first kappa shape index (κ1) is 19.6. The van der Waals surface area contributed by atoms with Crippen LogP contribution in [0.2, 0.25) is 0 Å². The van der Waals surface area contributed by atoms with Crippen molar-refractivity contribution in [2.75, 3.05) is 20.2 Å². The van der Waals surface area contributed by atoms with Crippen LogP contribution in [0, 0.1) is 0 Å². The number of aromatic amines is 1. The van der Waals surface area contributed by atoms with Gasteiger partial charge in [-0.3, -0.25) is 4.79 Å². The van der Waals surface area contributed by atoms with Crippen molar-refractivity contribution >= 4 is 22.9 Å². The van der Waals surface area contributed by atoms with Gasteiger partial charge in [-0.15, -0.1) is 0 Å². The molecule has 0 saturated carbocycles. The van der Waals surface area contributed by atoms with E-state index in [4.69, 9.17) is 9.47 Å². The molecule has 0 atom stereocenters. The number of ether oxygens (including phenoxy) is 2. The number of H-pyrrole nitrogens is 1. The summed E-state index contributed by atoms with van der Waals surface area (Å²) in [6.07, 6.45) is 0.00767. The SMILES string of the molecule is CCNC(=O)c1[nH]c2ccc(OC)cc2c1CCNC(=O)OC(C)(C)C. The third-order valence-corrected chi connectivity index (χ3v) is 3.72. The van der Waals surface area contributed by atoms with Gasteiger partial charge in [0.25, 0.3) is 5.91 Å². The van der Waals surface area contributed by atoms with E-state index in [1.165, 1.54) is 0 Å². The molecule has 7 heteroatoms. The number of carbonyl (C=O) groups excluding carboxylic acids is 2. The molecule has 0 aliphatic rings. The van der Waals surface area contributed by atoms with Crippen molar-refractivity contribution in [1.82, 2.24) is 15.6 Å². The third-order valence-electron chi connectivity index (χ3n) is 3.72. The molecule has 1 aromatic heterocycles. The van der Waals surface area contributed by atoms with Gasteiger partial charge in [0.1, 0.15) is 17.0 Å². The number of carbonyl (C=O) groups is 2. The first-order chi connectivity index (χ1) is 12.2. The van der Waals surface area contributed by atoms with Gasteiger partial charge in [0.2, 0.25) is 0 Å². The molecule has 0 saturated heterocycles. The van der Waals surface area contributed by atoms with E-state index in [0.29, 0.717) is 31.0 Å². The molecular formula is C19H27N3O4. The molecule has 0 aliphatic carbocycles. The standard InChI is InChI=1S/C19H27N3O4/c1-6-20-17(23)16-13(9-10-21-18(24)26-19(2,3)4)14-11-12(25-5)7-8-15(14)22-16/h7-8,11,22H,6,9-10H2,1-5H3,(H,20,23)(H,21,24). The number of fused-ring (bicyclic) bond motifs is 1. The van der Waals surface area contributed by atoms with Crippen molar-refractivity contribution < 1.29 is 19.1 Å². The Balaban J connectivity index is 2.23. The van der Waals surface area contributed by atoms with Gasteiger partial charge in [-0.2, -0.15) is 0 Å². The summed E-state index contributed by atoms with van der Waals surface area (Å²) < 4.78 is 10.5. The van der Waals surface area contributed by atoms with Gasteiger partial charge in [0.15, 0.2) is 0 Å². The number of nitrogens with one attached hydrogen (secondary N) is 3. The van der Waals surface area contributed by atoms with Crippen LogP contribution in [-0.4, -0.2) is 42.8 Å². The molecular weight excluding hydrogens is 334 g/mol. The molecule has 0 radical (unpaired) electrons. The Bertz CT molecular complexity index is 790. The van der Waals surface area contributed by atoms with Crippen LogP contribution in [0.25, 0.3) is 10.9 Å². The molecule has 3 N–H and O–H groups in total. The summed E-state index contributed by atoms with van der Waals surface area (Å²) in [5, 5.41) is 6.44. The lowest BCUT2D eigenvalue weighted by atomic mass is 10.1. The second-order valence-electron chi connectivity index (χ2n) is 6.93. The Labute approximate surface area is 153 Å². The second kappa shape index (κ2) is 8.12. The van der Waals surface area contributed by atoms with E-state index in [0.717, 1.165) is 16.5 Å². The van der Waals surface area contributed by atoms with Gasteiger partial charge in [-0.25, -0.2) is 4.79 Å². The lowest BCUT2D eigenvalue weighted by molar-refractivity contribution is 0.0528. The van der Waals surface area contributed by atoms with Crippen LogP contribution in [0.15, 0.2) is 18.2 Å². The number of hydrogen-bond acceptors (Lipinski definition) is 4. The smallest absolute Gasteiger partial charge is 0.407 e. The fourth-order valence-corrected chi connectivity index (χ4v) is 2.66. The first-order valence-electron chi connectivity index (χ1n) is 8.68. The van der Waals surface area contributed by atoms with E-state index < -0.39 is 11.7 Å². The van der Waals surface area contributed by atoms with Crippen LogP contribution in [0.1, 0.15) is 43.7 Å². The Morgan fingerprint density at radius 2 is 1.92 bits per heavy atom. The highest BCUT2D eigenvalue weighted by Crippen LogP contribution is 2.27. The van der Waals surface area contributed by atoms with Gasteiger partial charge in [0, 0.05) is 24.0 Å². The number of hydrogen-bond donors (Lipinski definition) is 3. The molecule has 0 fully saturated rings. The van der Waals surface area contributed by atoms with Gasteiger partial charge < -0.3 is 25.1 Å². The van der Waals surface area contributed by atoms with Crippen LogP contribution >= 0.6 is 0 Å². The quantitative estimate of drug-likeness (QED) is 0.737. The Morgan fingerprint density at radius 3 is 2.54 bits per heavy atom. The lowest BCUT2D eigenvalue weighted by Crippen LogP contribution is -2.33. The predicted octanol–water partition coefficient (Wildman–Crippen LogP) is 2.99. The molecule has 0 bridgehead atoms. The van der Waals surface area contributed by atoms with Crippen LogP contribution in [-0.2, 0) is 11.2 Å². The summed E-state index contributed by atoms with van der Waals surface area (Å²) >= 11 is 0. The highest BCUT2D eigenvalue weighted by Gasteiger charge is 2.19. The molecule has 0 aliphatic heterocycles. The average Bonchev–Trinajstić information content (AvgIpc) is 2.91. The zero-order valence-corrected chi connectivity index (χ0v) is 16.0. The van der Waals surface area contributed by atoms with Crippen molar-refractivity contribution in [2.45, 2.75) is 39.7 Å². The fourth-order valence-electron chi connectivity index (χ4n) is 2.66. The molecule has 0 unspecified atom stereocenters. The highest BCUT2D eigenvalue weighted by atomic mass is 16.6. The van der Waals surface area contributed by atoms with Crippen molar-refractivity contribution in [3.63, 3.8) is 0 Å². The summed E-state index contributed by atoms with van der Waals surface area (Å²) in [5.74, 6) is 0.537. The number of aromatic nitrogens is 1. The van der Waals surface area contributed by atoms with Gasteiger partial charge in [-0.05, 0) is 57.9 Å².